The standard InChI is InChI=1S/C19H19F3N4O2/c1-3-4-9-28-17-11-15-14(10-16(17)27-2)18(25-26-24-15)23-13-7-5-12(6-8-13)19(20,21)22/h5-8,10-11H,3-4,9H2,1-2H3,(H,23,24,25). The van der Waals surface area contributed by atoms with Crippen LogP contribution >= 0.6 is 0 Å². The maximum Gasteiger partial charge on any atom is 0.416 e. The number of hydrogen-bond acceptors (Lipinski definition) is 6. The van der Waals surface area contributed by atoms with E-state index >= 15 is 0 Å². The van der Waals surface area contributed by atoms with Gasteiger partial charge in [0.25, 0.3) is 0 Å². The summed E-state index contributed by atoms with van der Waals surface area (Å²) in [6, 6.07) is 8.08. The lowest BCUT2D eigenvalue weighted by atomic mass is 10.2. The van der Waals surface area contributed by atoms with Crippen LogP contribution < -0.4 is 14.8 Å². The molecule has 0 saturated carbocycles. The van der Waals surface area contributed by atoms with Gasteiger partial charge in [-0.15, -0.1) is 10.2 Å². The van der Waals surface area contributed by atoms with E-state index in [1.807, 2.05) is 0 Å². The van der Waals surface area contributed by atoms with Crippen molar-refractivity contribution in [2.75, 3.05) is 19.0 Å². The highest BCUT2D eigenvalue weighted by atomic mass is 19.4. The molecular formula is C19H19F3N4O2. The molecule has 0 saturated heterocycles. The van der Waals surface area contributed by atoms with E-state index < -0.39 is 11.7 Å². The number of halogens is 3. The lowest BCUT2D eigenvalue weighted by molar-refractivity contribution is -0.137. The SMILES string of the molecule is CCCCOc1cc2nnnc(Nc3ccc(C(F)(F)F)cc3)c2cc1OC. The third kappa shape index (κ3) is 4.41. The van der Waals surface area contributed by atoms with Crippen LogP contribution in [0.1, 0.15) is 25.3 Å². The number of hydrogen-bond donors (Lipinski definition) is 1. The Hall–Kier alpha value is -3.10. The average Bonchev–Trinajstić information content (AvgIpc) is 2.67. The molecule has 1 aromatic heterocycles. The van der Waals surface area contributed by atoms with Crippen LogP contribution in [0.15, 0.2) is 36.4 Å². The Bertz CT molecular complexity index is 946. The van der Waals surface area contributed by atoms with E-state index in [1.54, 1.807) is 12.1 Å². The molecule has 1 N–H and O–H groups in total. The molecule has 0 atom stereocenters. The topological polar surface area (TPSA) is 69.2 Å². The quantitative estimate of drug-likeness (QED) is 0.572. The number of unbranched alkanes of at least 4 members (excludes halogenated alkanes) is 1. The number of rotatable bonds is 7. The van der Waals surface area contributed by atoms with Gasteiger partial charge in [-0.1, -0.05) is 13.3 Å². The van der Waals surface area contributed by atoms with E-state index in [0.29, 0.717) is 40.5 Å². The fourth-order valence-corrected chi connectivity index (χ4v) is 2.56. The second-order valence-electron chi connectivity index (χ2n) is 6.06. The van der Waals surface area contributed by atoms with Crippen LogP contribution in [0.3, 0.4) is 0 Å². The Morgan fingerprint density at radius 1 is 1.04 bits per heavy atom. The van der Waals surface area contributed by atoms with Crippen LogP contribution in [0, 0.1) is 0 Å². The molecule has 0 aliphatic heterocycles. The molecule has 1 heterocycles. The number of nitrogens with one attached hydrogen (secondary N) is 1. The van der Waals surface area contributed by atoms with Gasteiger partial charge in [-0.25, -0.2) is 0 Å². The van der Waals surface area contributed by atoms with Crippen molar-refractivity contribution in [3.8, 4) is 11.5 Å². The molecule has 148 valence electrons. The molecule has 9 heteroatoms. The fourth-order valence-electron chi connectivity index (χ4n) is 2.56. The van der Waals surface area contributed by atoms with Crippen molar-refractivity contribution in [3.05, 3.63) is 42.0 Å². The van der Waals surface area contributed by atoms with Gasteiger partial charge in [0.15, 0.2) is 17.3 Å². The third-order valence-corrected chi connectivity index (χ3v) is 4.06. The molecule has 0 fully saturated rings. The number of fused-ring (bicyclic) bond motifs is 1. The molecule has 3 rings (SSSR count). The van der Waals surface area contributed by atoms with Crippen molar-refractivity contribution in [2.45, 2.75) is 25.9 Å². The maximum absolute atomic E-state index is 12.7. The largest absolute Gasteiger partial charge is 0.493 e. The molecule has 2 aromatic carbocycles. The van der Waals surface area contributed by atoms with Crippen molar-refractivity contribution in [1.29, 1.82) is 0 Å². The number of nitrogens with zero attached hydrogens (tertiary/aromatic N) is 3. The van der Waals surface area contributed by atoms with Crippen LogP contribution in [0.2, 0.25) is 0 Å². The second-order valence-corrected chi connectivity index (χ2v) is 6.06. The van der Waals surface area contributed by atoms with Crippen molar-refractivity contribution in [3.63, 3.8) is 0 Å². The minimum absolute atomic E-state index is 0.350. The summed E-state index contributed by atoms with van der Waals surface area (Å²) in [6.07, 6.45) is -2.48. The average molecular weight is 392 g/mol. The van der Waals surface area contributed by atoms with E-state index in [0.717, 1.165) is 25.0 Å². The van der Waals surface area contributed by atoms with Gasteiger partial charge in [-0.05, 0) is 42.0 Å². The molecule has 0 bridgehead atoms. The normalized spacial score (nSPS) is 11.5. The summed E-state index contributed by atoms with van der Waals surface area (Å²) in [6.45, 7) is 2.62. The Labute approximate surface area is 159 Å². The summed E-state index contributed by atoms with van der Waals surface area (Å²) in [5.74, 6) is 1.40. The number of aromatic nitrogens is 3. The lowest BCUT2D eigenvalue weighted by Crippen LogP contribution is -2.05. The van der Waals surface area contributed by atoms with Gasteiger partial charge in [0, 0.05) is 11.8 Å². The smallest absolute Gasteiger partial charge is 0.416 e. The minimum atomic E-state index is -4.39. The first-order chi connectivity index (χ1) is 13.4. The summed E-state index contributed by atoms with van der Waals surface area (Å²) >= 11 is 0. The van der Waals surface area contributed by atoms with Gasteiger partial charge < -0.3 is 14.8 Å². The molecule has 0 unspecified atom stereocenters. The predicted molar refractivity (Wildman–Crippen MR) is 99.0 cm³/mol. The molecule has 0 spiro atoms. The fraction of sp³-hybridized carbons (Fsp3) is 0.316. The van der Waals surface area contributed by atoms with Gasteiger partial charge in [0.1, 0.15) is 5.52 Å². The van der Waals surface area contributed by atoms with Crippen molar-refractivity contribution < 1.29 is 22.6 Å². The zero-order valence-electron chi connectivity index (χ0n) is 15.4. The summed E-state index contributed by atoms with van der Waals surface area (Å²) in [5.41, 5.74) is 0.244. The number of ether oxygens (including phenoxy) is 2. The van der Waals surface area contributed by atoms with E-state index in [4.69, 9.17) is 9.47 Å². The van der Waals surface area contributed by atoms with Gasteiger partial charge in [-0.2, -0.15) is 13.2 Å². The minimum Gasteiger partial charge on any atom is -0.493 e. The summed E-state index contributed by atoms with van der Waals surface area (Å²) in [4.78, 5) is 0. The zero-order chi connectivity index (χ0) is 20.1. The summed E-state index contributed by atoms with van der Waals surface area (Å²) < 4.78 is 49.3. The predicted octanol–water partition coefficient (Wildman–Crippen LogP) is 4.97. The van der Waals surface area contributed by atoms with Crippen LogP contribution in [0.5, 0.6) is 11.5 Å². The number of anilines is 2. The highest BCUT2D eigenvalue weighted by Crippen LogP contribution is 2.35. The van der Waals surface area contributed by atoms with E-state index in [9.17, 15) is 13.2 Å². The van der Waals surface area contributed by atoms with Crippen LogP contribution in [-0.2, 0) is 6.18 Å². The Kier molecular flexibility index (Phi) is 5.81. The molecule has 0 aliphatic rings. The van der Waals surface area contributed by atoms with Gasteiger partial charge in [-0.3, -0.25) is 0 Å². The van der Waals surface area contributed by atoms with E-state index in [2.05, 4.69) is 27.7 Å². The van der Waals surface area contributed by atoms with E-state index in [1.165, 1.54) is 19.2 Å². The molecule has 3 aromatic rings. The van der Waals surface area contributed by atoms with Gasteiger partial charge >= 0.3 is 6.18 Å². The lowest BCUT2D eigenvalue weighted by Gasteiger charge is -2.13. The number of alkyl halides is 3. The van der Waals surface area contributed by atoms with Crippen LogP contribution in [-0.4, -0.2) is 29.1 Å². The van der Waals surface area contributed by atoms with Gasteiger partial charge in [0.05, 0.1) is 24.7 Å². The number of benzene rings is 2. The van der Waals surface area contributed by atoms with Crippen molar-refractivity contribution in [1.82, 2.24) is 15.4 Å². The van der Waals surface area contributed by atoms with Gasteiger partial charge in [0.2, 0.25) is 0 Å². The third-order valence-electron chi connectivity index (χ3n) is 4.06. The molecule has 0 amide bonds. The molecular weight excluding hydrogens is 373 g/mol. The maximum atomic E-state index is 12.7. The first-order valence-corrected chi connectivity index (χ1v) is 8.70. The first kappa shape index (κ1) is 19.7. The second kappa shape index (κ2) is 8.28. The summed E-state index contributed by atoms with van der Waals surface area (Å²) in [7, 11) is 1.53. The Morgan fingerprint density at radius 2 is 1.79 bits per heavy atom. The summed E-state index contributed by atoms with van der Waals surface area (Å²) in [5, 5.41) is 15.3. The van der Waals surface area contributed by atoms with Crippen molar-refractivity contribution in [2.24, 2.45) is 0 Å². The van der Waals surface area contributed by atoms with E-state index in [-0.39, 0.29) is 0 Å². The van der Waals surface area contributed by atoms with Crippen LogP contribution in [0.4, 0.5) is 24.7 Å². The highest BCUT2D eigenvalue weighted by molar-refractivity contribution is 5.92. The molecule has 28 heavy (non-hydrogen) atoms. The molecule has 0 radical (unpaired) electrons. The van der Waals surface area contributed by atoms with Crippen LogP contribution in [0.25, 0.3) is 10.9 Å². The molecule has 6 nitrogen and oxygen atoms in total. The Balaban J connectivity index is 1.91. The monoisotopic (exact) mass is 392 g/mol. The highest BCUT2D eigenvalue weighted by Gasteiger charge is 2.30. The number of methoxy groups -OCH3 is 1. The van der Waals surface area contributed by atoms with Crippen molar-refractivity contribution >= 4 is 22.4 Å². The molecule has 0 aliphatic carbocycles. The zero-order valence-corrected chi connectivity index (χ0v) is 15.4. The Morgan fingerprint density at radius 3 is 2.43 bits per heavy atom. The first-order valence-electron chi connectivity index (χ1n) is 8.70.